The van der Waals surface area contributed by atoms with E-state index in [2.05, 4.69) is 29.0 Å². The third kappa shape index (κ3) is 3.15. The van der Waals surface area contributed by atoms with Crippen molar-refractivity contribution in [1.82, 2.24) is 10.3 Å². The first kappa shape index (κ1) is 13.6. The average molecular weight is 259 g/mol. The van der Waals surface area contributed by atoms with Gasteiger partial charge in [0.15, 0.2) is 0 Å². The quantitative estimate of drug-likeness (QED) is 0.782. The van der Waals surface area contributed by atoms with Gasteiger partial charge >= 0.3 is 0 Å². The van der Waals surface area contributed by atoms with E-state index in [1.54, 1.807) is 12.1 Å². The summed E-state index contributed by atoms with van der Waals surface area (Å²) in [6.07, 6.45) is 1.82. The minimum atomic E-state index is 0.282. The second-order valence-corrected chi connectivity index (χ2v) is 4.47. The molecule has 1 aromatic heterocycles. The van der Waals surface area contributed by atoms with E-state index < -0.39 is 0 Å². The molecule has 0 spiro atoms. The highest BCUT2D eigenvalue weighted by Crippen LogP contribution is 2.27. The Morgan fingerprint density at radius 2 is 2.11 bits per heavy atom. The number of aromatic hydroxyl groups is 1. The van der Waals surface area contributed by atoms with Crippen LogP contribution in [0.4, 0.5) is 5.82 Å². The Bertz CT molecular complexity index is 542. The predicted octanol–water partition coefficient (Wildman–Crippen LogP) is 2.38. The number of fused-ring (bicyclic) bond motifs is 1. The molecule has 102 valence electrons. The van der Waals surface area contributed by atoms with Gasteiger partial charge in [-0.15, -0.1) is 0 Å². The number of pyridine rings is 1. The van der Waals surface area contributed by atoms with E-state index in [1.165, 1.54) is 0 Å². The van der Waals surface area contributed by atoms with Gasteiger partial charge in [-0.25, -0.2) is 4.98 Å². The van der Waals surface area contributed by atoms with Crippen LogP contribution < -0.4 is 10.2 Å². The lowest BCUT2D eigenvalue weighted by Gasteiger charge is -2.23. The highest BCUT2D eigenvalue weighted by Gasteiger charge is 2.10. The van der Waals surface area contributed by atoms with E-state index >= 15 is 0 Å². The van der Waals surface area contributed by atoms with E-state index in [1.807, 2.05) is 18.3 Å². The van der Waals surface area contributed by atoms with Gasteiger partial charge in [0.25, 0.3) is 0 Å². The Morgan fingerprint density at radius 3 is 2.84 bits per heavy atom. The zero-order valence-corrected chi connectivity index (χ0v) is 11.6. The van der Waals surface area contributed by atoms with E-state index in [-0.39, 0.29) is 5.75 Å². The smallest absolute Gasteiger partial charge is 0.136 e. The van der Waals surface area contributed by atoms with E-state index in [9.17, 15) is 5.11 Å². The Balaban J connectivity index is 2.33. The number of rotatable bonds is 6. The zero-order valence-electron chi connectivity index (χ0n) is 11.6. The number of phenolic OH excluding ortho intramolecular Hbond substituents is 1. The minimum Gasteiger partial charge on any atom is -0.508 e. The fraction of sp³-hybridized carbons (Fsp3) is 0.400. The summed E-state index contributed by atoms with van der Waals surface area (Å²) in [7, 11) is 0. The monoisotopic (exact) mass is 259 g/mol. The summed E-state index contributed by atoms with van der Waals surface area (Å²) in [5.74, 6) is 1.22. The summed E-state index contributed by atoms with van der Waals surface area (Å²) in [6, 6.07) is 7.39. The SMILES string of the molecule is CCNCCN(CC)c1nccc2ccc(O)cc12. The van der Waals surface area contributed by atoms with Gasteiger partial charge in [-0.1, -0.05) is 13.0 Å². The maximum absolute atomic E-state index is 9.66. The summed E-state index contributed by atoms with van der Waals surface area (Å²) in [5, 5.41) is 15.1. The van der Waals surface area contributed by atoms with Crippen LogP contribution in [0.1, 0.15) is 13.8 Å². The molecule has 0 aliphatic carbocycles. The number of benzene rings is 1. The second kappa shape index (κ2) is 6.38. The Hall–Kier alpha value is -1.81. The van der Waals surface area contributed by atoms with E-state index in [0.717, 1.165) is 42.8 Å². The molecule has 1 heterocycles. The second-order valence-electron chi connectivity index (χ2n) is 4.47. The van der Waals surface area contributed by atoms with E-state index in [4.69, 9.17) is 0 Å². The van der Waals surface area contributed by atoms with Gasteiger partial charge in [-0.3, -0.25) is 0 Å². The summed E-state index contributed by atoms with van der Waals surface area (Å²) in [4.78, 5) is 6.71. The van der Waals surface area contributed by atoms with Crippen molar-refractivity contribution in [2.45, 2.75) is 13.8 Å². The molecule has 0 aliphatic rings. The van der Waals surface area contributed by atoms with E-state index in [0.29, 0.717) is 0 Å². The number of hydrogen-bond acceptors (Lipinski definition) is 4. The molecule has 0 amide bonds. The van der Waals surface area contributed by atoms with Gasteiger partial charge in [0.2, 0.25) is 0 Å². The number of aromatic nitrogens is 1. The van der Waals surface area contributed by atoms with Gasteiger partial charge in [0.05, 0.1) is 0 Å². The number of anilines is 1. The zero-order chi connectivity index (χ0) is 13.7. The molecule has 2 aromatic rings. The molecular weight excluding hydrogens is 238 g/mol. The number of phenols is 1. The van der Waals surface area contributed by atoms with Crippen molar-refractivity contribution in [3.8, 4) is 5.75 Å². The van der Waals surface area contributed by atoms with Gasteiger partial charge in [-0.05, 0) is 37.1 Å². The minimum absolute atomic E-state index is 0.282. The normalized spacial score (nSPS) is 10.8. The van der Waals surface area contributed by atoms with Crippen molar-refractivity contribution in [2.24, 2.45) is 0 Å². The molecule has 0 radical (unpaired) electrons. The molecule has 0 saturated heterocycles. The first-order valence-electron chi connectivity index (χ1n) is 6.79. The third-order valence-corrected chi connectivity index (χ3v) is 3.22. The van der Waals surface area contributed by atoms with Crippen molar-refractivity contribution in [3.63, 3.8) is 0 Å². The first-order chi connectivity index (χ1) is 9.26. The number of hydrogen-bond donors (Lipinski definition) is 2. The number of nitrogens with zero attached hydrogens (tertiary/aromatic N) is 2. The molecule has 0 aliphatic heterocycles. The molecule has 0 bridgehead atoms. The third-order valence-electron chi connectivity index (χ3n) is 3.22. The summed E-state index contributed by atoms with van der Waals surface area (Å²) < 4.78 is 0. The van der Waals surface area contributed by atoms with Crippen LogP contribution in [0.2, 0.25) is 0 Å². The Labute approximate surface area is 114 Å². The average Bonchev–Trinajstić information content (AvgIpc) is 2.43. The number of likely N-dealkylation sites (N-methyl/N-ethyl adjacent to an activating group) is 2. The van der Waals surface area contributed by atoms with Crippen LogP contribution in [0.25, 0.3) is 10.8 Å². The molecule has 2 N–H and O–H groups in total. The van der Waals surface area contributed by atoms with Gasteiger partial charge < -0.3 is 15.3 Å². The van der Waals surface area contributed by atoms with Gasteiger partial charge in [0.1, 0.15) is 11.6 Å². The lowest BCUT2D eigenvalue weighted by atomic mass is 10.1. The molecule has 2 rings (SSSR count). The van der Waals surface area contributed by atoms with Crippen LogP contribution in [0.15, 0.2) is 30.5 Å². The van der Waals surface area contributed by atoms with Crippen LogP contribution in [0, 0.1) is 0 Å². The largest absolute Gasteiger partial charge is 0.508 e. The molecule has 0 atom stereocenters. The fourth-order valence-corrected chi connectivity index (χ4v) is 2.20. The maximum Gasteiger partial charge on any atom is 0.136 e. The summed E-state index contributed by atoms with van der Waals surface area (Å²) in [5.41, 5.74) is 0. The highest BCUT2D eigenvalue weighted by molar-refractivity contribution is 5.93. The van der Waals surface area contributed by atoms with Crippen molar-refractivity contribution >= 4 is 16.6 Å². The highest BCUT2D eigenvalue weighted by atomic mass is 16.3. The standard InChI is InChI=1S/C15H21N3O/c1-3-16-9-10-18(4-2)15-14-11-13(19)6-5-12(14)7-8-17-15/h5-8,11,16,19H,3-4,9-10H2,1-2H3. The first-order valence-corrected chi connectivity index (χ1v) is 6.79. The van der Waals surface area contributed by atoms with Crippen molar-refractivity contribution in [3.05, 3.63) is 30.5 Å². The molecule has 4 nitrogen and oxygen atoms in total. The topological polar surface area (TPSA) is 48.4 Å². The van der Waals surface area contributed by atoms with Crippen molar-refractivity contribution < 1.29 is 5.11 Å². The molecule has 0 unspecified atom stereocenters. The lowest BCUT2D eigenvalue weighted by molar-refractivity contribution is 0.476. The van der Waals surface area contributed by atoms with Crippen LogP contribution in [0.5, 0.6) is 5.75 Å². The molecule has 19 heavy (non-hydrogen) atoms. The Morgan fingerprint density at radius 1 is 1.26 bits per heavy atom. The molecular formula is C15H21N3O. The van der Waals surface area contributed by atoms with Crippen LogP contribution in [-0.4, -0.2) is 36.3 Å². The van der Waals surface area contributed by atoms with Crippen molar-refractivity contribution in [1.29, 1.82) is 0 Å². The fourth-order valence-electron chi connectivity index (χ4n) is 2.20. The summed E-state index contributed by atoms with van der Waals surface area (Å²) in [6.45, 7) is 7.93. The predicted molar refractivity (Wildman–Crippen MR) is 79.8 cm³/mol. The van der Waals surface area contributed by atoms with Gasteiger partial charge in [-0.2, -0.15) is 0 Å². The maximum atomic E-state index is 9.66. The number of nitrogens with one attached hydrogen (secondary N) is 1. The van der Waals surface area contributed by atoms with Crippen LogP contribution in [-0.2, 0) is 0 Å². The van der Waals surface area contributed by atoms with Gasteiger partial charge in [0, 0.05) is 31.2 Å². The van der Waals surface area contributed by atoms with Crippen LogP contribution >= 0.6 is 0 Å². The lowest BCUT2D eigenvalue weighted by Crippen LogP contribution is -2.32. The van der Waals surface area contributed by atoms with Crippen LogP contribution in [0.3, 0.4) is 0 Å². The Kier molecular flexibility index (Phi) is 4.58. The molecule has 0 fully saturated rings. The van der Waals surface area contributed by atoms with Crippen molar-refractivity contribution in [2.75, 3.05) is 31.1 Å². The summed E-state index contributed by atoms with van der Waals surface area (Å²) >= 11 is 0. The molecule has 0 saturated carbocycles. The molecule has 1 aromatic carbocycles. The molecule has 4 heteroatoms.